The summed E-state index contributed by atoms with van der Waals surface area (Å²) < 4.78 is 49.0. The first-order chi connectivity index (χ1) is 21.1. The summed E-state index contributed by atoms with van der Waals surface area (Å²) >= 11 is 3.46. The summed E-state index contributed by atoms with van der Waals surface area (Å²) in [6.45, 7) is 1.67. The zero-order valence-corrected chi connectivity index (χ0v) is 26.7. The average molecular weight is 683 g/mol. The second-order valence-corrected chi connectivity index (χ2v) is 12.6. The SMILES string of the molecule is CCOc1ccc(N(CC(=O)N(Cc2cccc(Br)c2)[C@H](Cc2ccccc2)C(=O)NC)S(=O)(=O)c2ccc(F)cc2)cc1. The number of hydrogen-bond donors (Lipinski definition) is 1. The van der Waals surface area contributed by atoms with Crippen LogP contribution in [0.3, 0.4) is 0 Å². The molecule has 4 aromatic rings. The summed E-state index contributed by atoms with van der Waals surface area (Å²) in [5, 5.41) is 2.66. The molecule has 2 amide bonds. The predicted octanol–water partition coefficient (Wildman–Crippen LogP) is 5.57. The van der Waals surface area contributed by atoms with Crippen molar-refractivity contribution in [1.82, 2.24) is 10.2 Å². The molecule has 0 aliphatic heterocycles. The number of anilines is 1. The maximum atomic E-state index is 14.3. The highest BCUT2D eigenvalue weighted by molar-refractivity contribution is 9.10. The highest BCUT2D eigenvalue weighted by Crippen LogP contribution is 2.27. The standard InChI is InChI=1S/C33H33BrFN3O5S/c1-3-43-29-16-14-28(15-17-29)38(44(41,42)30-18-12-27(35)13-19-30)23-32(39)37(22-25-10-7-11-26(34)20-25)31(33(40)36-2)21-24-8-5-4-6-9-24/h4-20,31H,3,21-23H2,1-2H3,(H,36,40)/t31-/m1/s1. The Morgan fingerprint density at radius 3 is 2.18 bits per heavy atom. The van der Waals surface area contributed by atoms with Crippen molar-refractivity contribution >= 4 is 43.5 Å². The molecule has 0 saturated heterocycles. The van der Waals surface area contributed by atoms with E-state index < -0.39 is 40.2 Å². The predicted molar refractivity (Wildman–Crippen MR) is 171 cm³/mol. The first kappa shape index (κ1) is 32.7. The molecule has 0 heterocycles. The molecule has 1 atom stereocenters. The van der Waals surface area contributed by atoms with E-state index in [1.165, 1.54) is 24.1 Å². The molecule has 8 nitrogen and oxygen atoms in total. The van der Waals surface area contributed by atoms with Gasteiger partial charge in [-0.25, -0.2) is 12.8 Å². The van der Waals surface area contributed by atoms with Crippen molar-refractivity contribution < 1.29 is 27.1 Å². The summed E-state index contributed by atoms with van der Waals surface area (Å²) in [5.41, 5.74) is 1.77. The van der Waals surface area contributed by atoms with Crippen molar-refractivity contribution in [3.8, 4) is 5.75 Å². The number of hydrogen-bond acceptors (Lipinski definition) is 5. The number of sulfonamides is 1. The average Bonchev–Trinajstić information content (AvgIpc) is 3.02. The Bertz CT molecular complexity index is 1670. The Kier molecular flexibility index (Phi) is 11.1. The Morgan fingerprint density at radius 1 is 0.909 bits per heavy atom. The molecule has 0 unspecified atom stereocenters. The van der Waals surface area contributed by atoms with Crippen LogP contribution < -0.4 is 14.4 Å². The van der Waals surface area contributed by atoms with E-state index in [0.717, 1.165) is 44.2 Å². The number of likely N-dealkylation sites (N-methyl/N-ethyl adjacent to an activating group) is 1. The molecular weight excluding hydrogens is 649 g/mol. The number of amides is 2. The topological polar surface area (TPSA) is 96.0 Å². The largest absolute Gasteiger partial charge is 0.494 e. The van der Waals surface area contributed by atoms with Crippen LogP contribution >= 0.6 is 15.9 Å². The minimum absolute atomic E-state index is 0.0386. The quantitative estimate of drug-likeness (QED) is 0.199. The van der Waals surface area contributed by atoms with Gasteiger partial charge in [-0.2, -0.15) is 0 Å². The molecule has 0 aliphatic carbocycles. The lowest BCUT2D eigenvalue weighted by Gasteiger charge is -2.33. The molecule has 4 rings (SSSR count). The molecule has 0 aromatic heterocycles. The van der Waals surface area contributed by atoms with Crippen LogP contribution in [0.2, 0.25) is 0 Å². The maximum Gasteiger partial charge on any atom is 0.264 e. The normalized spacial score (nSPS) is 11.8. The number of rotatable bonds is 13. The molecule has 11 heteroatoms. The van der Waals surface area contributed by atoms with Gasteiger partial charge in [-0.15, -0.1) is 0 Å². The Labute approximate surface area is 265 Å². The summed E-state index contributed by atoms with van der Waals surface area (Å²) in [6, 6.07) is 26.4. The molecule has 0 radical (unpaired) electrons. The van der Waals surface area contributed by atoms with Crippen LogP contribution in [0.5, 0.6) is 5.75 Å². The smallest absolute Gasteiger partial charge is 0.264 e. The van der Waals surface area contributed by atoms with Crippen molar-refractivity contribution in [2.45, 2.75) is 30.8 Å². The highest BCUT2D eigenvalue weighted by atomic mass is 79.9. The van der Waals surface area contributed by atoms with Crippen molar-refractivity contribution in [3.05, 3.63) is 125 Å². The van der Waals surface area contributed by atoms with Crippen LogP contribution in [-0.2, 0) is 32.6 Å². The lowest BCUT2D eigenvalue weighted by Crippen LogP contribution is -2.53. The number of nitrogens with one attached hydrogen (secondary N) is 1. The second-order valence-electron chi connectivity index (χ2n) is 9.86. The molecular formula is C33H33BrFN3O5S. The monoisotopic (exact) mass is 681 g/mol. The fraction of sp³-hybridized carbons (Fsp3) is 0.212. The van der Waals surface area contributed by atoms with E-state index in [2.05, 4.69) is 21.2 Å². The van der Waals surface area contributed by atoms with Gasteiger partial charge in [0.05, 0.1) is 17.2 Å². The second kappa shape index (κ2) is 15.0. The van der Waals surface area contributed by atoms with Gasteiger partial charge in [0.15, 0.2) is 0 Å². The summed E-state index contributed by atoms with van der Waals surface area (Å²) in [6.07, 6.45) is 0.202. The summed E-state index contributed by atoms with van der Waals surface area (Å²) in [7, 11) is -2.85. The Hall–Kier alpha value is -4.22. The fourth-order valence-electron chi connectivity index (χ4n) is 4.69. The number of carbonyl (C=O) groups excluding carboxylic acids is 2. The Morgan fingerprint density at radius 2 is 1.57 bits per heavy atom. The summed E-state index contributed by atoms with van der Waals surface area (Å²) in [5.74, 6) is -1.07. The van der Waals surface area contributed by atoms with E-state index in [0.29, 0.717) is 12.4 Å². The van der Waals surface area contributed by atoms with E-state index >= 15 is 0 Å². The zero-order valence-electron chi connectivity index (χ0n) is 24.3. The number of benzene rings is 4. The van der Waals surface area contributed by atoms with Gasteiger partial charge in [-0.1, -0.05) is 58.4 Å². The van der Waals surface area contributed by atoms with Crippen LogP contribution in [0, 0.1) is 5.82 Å². The maximum absolute atomic E-state index is 14.3. The molecule has 0 bridgehead atoms. The van der Waals surface area contributed by atoms with Gasteiger partial charge in [0, 0.05) is 24.5 Å². The van der Waals surface area contributed by atoms with Crippen LogP contribution in [0.25, 0.3) is 0 Å². The van der Waals surface area contributed by atoms with Crippen LogP contribution in [0.4, 0.5) is 10.1 Å². The number of halogens is 2. The minimum atomic E-state index is -4.34. The molecule has 0 aliphatic rings. The number of nitrogens with zero attached hydrogens (tertiary/aromatic N) is 2. The van der Waals surface area contributed by atoms with E-state index in [1.54, 1.807) is 12.1 Å². The third kappa shape index (κ3) is 8.23. The van der Waals surface area contributed by atoms with Crippen molar-refractivity contribution in [2.24, 2.45) is 0 Å². The van der Waals surface area contributed by atoms with E-state index in [1.807, 2.05) is 61.5 Å². The third-order valence-corrected chi connectivity index (χ3v) is 9.16. The first-order valence-corrected chi connectivity index (χ1v) is 16.2. The molecule has 230 valence electrons. The van der Waals surface area contributed by atoms with Crippen LogP contribution in [-0.4, -0.2) is 51.4 Å². The molecule has 0 spiro atoms. The van der Waals surface area contributed by atoms with Crippen LogP contribution in [0.15, 0.2) is 112 Å². The summed E-state index contributed by atoms with van der Waals surface area (Å²) in [4.78, 5) is 28.9. The molecule has 1 N–H and O–H groups in total. The van der Waals surface area contributed by atoms with E-state index in [4.69, 9.17) is 4.74 Å². The van der Waals surface area contributed by atoms with Gasteiger partial charge in [0.25, 0.3) is 10.0 Å². The van der Waals surface area contributed by atoms with E-state index in [9.17, 15) is 22.4 Å². The van der Waals surface area contributed by atoms with Gasteiger partial charge < -0.3 is 15.0 Å². The number of carbonyl (C=O) groups is 2. The van der Waals surface area contributed by atoms with E-state index in [-0.39, 0.29) is 23.5 Å². The van der Waals surface area contributed by atoms with Crippen LogP contribution in [0.1, 0.15) is 18.1 Å². The van der Waals surface area contributed by atoms with Gasteiger partial charge in [0.2, 0.25) is 11.8 Å². The van der Waals surface area contributed by atoms with Crippen molar-refractivity contribution in [1.29, 1.82) is 0 Å². The Balaban J connectivity index is 1.78. The fourth-order valence-corrected chi connectivity index (χ4v) is 6.55. The van der Waals surface area contributed by atoms with Gasteiger partial charge in [-0.05, 0) is 78.7 Å². The molecule has 0 saturated carbocycles. The van der Waals surface area contributed by atoms with Crippen molar-refractivity contribution in [3.63, 3.8) is 0 Å². The molecule has 44 heavy (non-hydrogen) atoms. The zero-order chi connectivity index (χ0) is 31.7. The lowest BCUT2D eigenvalue weighted by atomic mass is 10.0. The molecule has 4 aromatic carbocycles. The lowest BCUT2D eigenvalue weighted by molar-refractivity contribution is -0.139. The number of ether oxygens (including phenoxy) is 1. The minimum Gasteiger partial charge on any atom is -0.494 e. The van der Waals surface area contributed by atoms with Gasteiger partial charge in [0.1, 0.15) is 24.2 Å². The van der Waals surface area contributed by atoms with Crippen molar-refractivity contribution in [2.75, 3.05) is 24.5 Å². The highest BCUT2D eigenvalue weighted by Gasteiger charge is 2.34. The van der Waals surface area contributed by atoms with Gasteiger partial charge >= 0.3 is 0 Å². The first-order valence-electron chi connectivity index (χ1n) is 13.9. The van der Waals surface area contributed by atoms with Gasteiger partial charge in [-0.3, -0.25) is 13.9 Å². The third-order valence-electron chi connectivity index (χ3n) is 6.88. The molecule has 0 fully saturated rings.